The maximum Gasteiger partial charge on any atom is 0.236 e. The number of aryl methyl sites for hydroxylation is 2. The number of Topliss-reactive ketones (excluding diaryl/α,β-unsaturated/α-hetero) is 1. The molecular weight excluding hydrogens is 394 g/mol. The quantitative estimate of drug-likeness (QED) is 0.737. The molecule has 0 aromatic heterocycles. The third-order valence-electron chi connectivity index (χ3n) is 6.12. The summed E-state index contributed by atoms with van der Waals surface area (Å²) in [6, 6.07) is 4.08. The summed E-state index contributed by atoms with van der Waals surface area (Å²) in [6.07, 6.45) is 5.56. The standard InChI is InChI=1S/C21H26BrNO3/c1-3-14-8-12(2)9-16(22)17(14)18-19(24)21(23-20(18)25)7-6-15(10-21)26-11-13-4-5-13/h8-9,13,15,18H,3-7,10-11H2,1-2H3,(H,23,25)/t15-,18?,21+/m1/s1. The van der Waals surface area contributed by atoms with Crippen molar-refractivity contribution in [2.75, 3.05) is 6.61 Å². The van der Waals surface area contributed by atoms with Crippen LogP contribution >= 0.6 is 15.9 Å². The second kappa shape index (κ2) is 6.75. The fraction of sp³-hybridized carbons (Fsp3) is 0.619. The van der Waals surface area contributed by atoms with E-state index in [0.29, 0.717) is 18.8 Å². The molecule has 3 aliphatic rings. The maximum absolute atomic E-state index is 13.4. The largest absolute Gasteiger partial charge is 0.378 e. The van der Waals surface area contributed by atoms with Gasteiger partial charge in [-0.15, -0.1) is 0 Å². The van der Waals surface area contributed by atoms with Crippen molar-refractivity contribution in [1.82, 2.24) is 5.32 Å². The van der Waals surface area contributed by atoms with Crippen LogP contribution in [0, 0.1) is 12.8 Å². The smallest absolute Gasteiger partial charge is 0.236 e. The van der Waals surface area contributed by atoms with Gasteiger partial charge in [0.05, 0.1) is 6.10 Å². The lowest BCUT2D eigenvalue weighted by molar-refractivity contribution is -0.125. The lowest BCUT2D eigenvalue weighted by Crippen LogP contribution is -2.44. The Morgan fingerprint density at radius 1 is 1.27 bits per heavy atom. The molecule has 5 heteroatoms. The Hall–Kier alpha value is -1.20. The Labute approximate surface area is 163 Å². The van der Waals surface area contributed by atoms with E-state index in [1.165, 1.54) is 12.8 Å². The van der Waals surface area contributed by atoms with Gasteiger partial charge in [0.1, 0.15) is 11.5 Å². The van der Waals surface area contributed by atoms with E-state index in [1.54, 1.807) is 0 Å². The Balaban J connectivity index is 1.58. The minimum atomic E-state index is -0.731. The topological polar surface area (TPSA) is 55.4 Å². The van der Waals surface area contributed by atoms with Crippen LogP contribution in [0.5, 0.6) is 0 Å². The van der Waals surface area contributed by atoms with Gasteiger partial charge in [0.25, 0.3) is 0 Å². The average Bonchev–Trinajstić information content (AvgIpc) is 3.29. The van der Waals surface area contributed by atoms with Crippen LogP contribution in [-0.4, -0.2) is 29.9 Å². The van der Waals surface area contributed by atoms with Crippen LogP contribution in [0.3, 0.4) is 0 Å². The number of hydrogen-bond donors (Lipinski definition) is 1. The summed E-state index contributed by atoms with van der Waals surface area (Å²) in [6.45, 7) is 4.90. The summed E-state index contributed by atoms with van der Waals surface area (Å²) >= 11 is 3.60. The summed E-state index contributed by atoms with van der Waals surface area (Å²) in [4.78, 5) is 26.2. The number of carbonyl (C=O) groups excluding carboxylic acids is 2. The van der Waals surface area contributed by atoms with Gasteiger partial charge in [0.15, 0.2) is 5.78 Å². The average molecular weight is 420 g/mol. The summed E-state index contributed by atoms with van der Waals surface area (Å²) in [5.74, 6) is -0.123. The number of halogens is 1. The lowest BCUT2D eigenvalue weighted by atomic mass is 9.83. The van der Waals surface area contributed by atoms with E-state index in [2.05, 4.69) is 34.2 Å². The van der Waals surface area contributed by atoms with Crippen LogP contribution in [0.4, 0.5) is 0 Å². The van der Waals surface area contributed by atoms with Crippen molar-refractivity contribution in [3.05, 3.63) is 33.3 Å². The van der Waals surface area contributed by atoms with E-state index in [-0.39, 0.29) is 17.8 Å². The molecule has 4 rings (SSSR count). The second-order valence-corrected chi connectivity index (χ2v) is 9.04. The van der Waals surface area contributed by atoms with Gasteiger partial charge in [-0.25, -0.2) is 0 Å². The van der Waals surface area contributed by atoms with Crippen LogP contribution in [0.15, 0.2) is 16.6 Å². The number of ether oxygens (including phenoxy) is 1. The molecule has 1 N–H and O–H groups in total. The number of amides is 1. The Kier molecular flexibility index (Phi) is 4.72. The highest BCUT2D eigenvalue weighted by atomic mass is 79.9. The molecule has 2 saturated carbocycles. The molecule has 1 aromatic carbocycles. The van der Waals surface area contributed by atoms with E-state index < -0.39 is 11.5 Å². The van der Waals surface area contributed by atoms with Crippen LogP contribution in [0.25, 0.3) is 0 Å². The molecule has 140 valence electrons. The number of nitrogens with one attached hydrogen (secondary N) is 1. The molecule has 26 heavy (non-hydrogen) atoms. The van der Waals surface area contributed by atoms with E-state index in [4.69, 9.17) is 4.74 Å². The first-order chi connectivity index (χ1) is 12.4. The zero-order valence-corrected chi connectivity index (χ0v) is 17.0. The summed E-state index contributed by atoms with van der Waals surface area (Å²) in [7, 11) is 0. The monoisotopic (exact) mass is 419 g/mol. The second-order valence-electron chi connectivity index (χ2n) is 8.18. The van der Waals surface area contributed by atoms with Crippen molar-refractivity contribution >= 4 is 27.6 Å². The van der Waals surface area contributed by atoms with Gasteiger partial charge in [-0.3, -0.25) is 9.59 Å². The van der Waals surface area contributed by atoms with Crippen molar-refractivity contribution in [3.63, 3.8) is 0 Å². The third kappa shape index (κ3) is 3.13. The minimum Gasteiger partial charge on any atom is -0.378 e. The highest BCUT2D eigenvalue weighted by Gasteiger charge is 2.57. The fourth-order valence-electron chi connectivity index (χ4n) is 4.50. The first kappa shape index (κ1) is 18.2. The molecule has 0 radical (unpaired) electrons. The fourth-order valence-corrected chi connectivity index (χ4v) is 5.35. The number of carbonyl (C=O) groups is 2. The van der Waals surface area contributed by atoms with Crippen molar-refractivity contribution in [2.24, 2.45) is 5.92 Å². The number of hydrogen-bond acceptors (Lipinski definition) is 3. The van der Waals surface area contributed by atoms with Crippen molar-refractivity contribution in [1.29, 1.82) is 0 Å². The highest BCUT2D eigenvalue weighted by Crippen LogP contribution is 2.44. The van der Waals surface area contributed by atoms with E-state index in [9.17, 15) is 9.59 Å². The Bertz CT molecular complexity index is 758. The van der Waals surface area contributed by atoms with Crippen molar-refractivity contribution < 1.29 is 14.3 Å². The molecule has 2 aliphatic carbocycles. The zero-order chi connectivity index (χ0) is 18.5. The SMILES string of the molecule is CCc1cc(C)cc(Br)c1C1C(=O)N[C@]2(CC[C@@H](OCC3CC3)C2)C1=O. The van der Waals surface area contributed by atoms with Gasteiger partial charge in [-0.2, -0.15) is 0 Å². The minimum absolute atomic E-state index is 0.0271. The maximum atomic E-state index is 13.4. The van der Waals surface area contributed by atoms with Crippen LogP contribution < -0.4 is 5.32 Å². The molecule has 1 spiro atoms. The number of benzene rings is 1. The lowest BCUT2D eigenvalue weighted by Gasteiger charge is -2.22. The van der Waals surface area contributed by atoms with Gasteiger partial charge in [-0.1, -0.05) is 28.9 Å². The molecule has 3 atom stereocenters. The Morgan fingerprint density at radius 2 is 2.04 bits per heavy atom. The van der Waals surface area contributed by atoms with Gasteiger partial charge in [0.2, 0.25) is 5.91 Å². The van der Waals surface area contributed by atoms with Crippen LogP contribution in [0.1, 0.15) is 61.6 Å². The molecule has 3 fully saturated rings. The van der Waals surface area contributed by atoms with E-state index in [1.807, 2.05) is 13.0 Å². The normalized spacial score (nSPS) is 31.0. The van der Waals surface area contributed by atoms with Gasteiger partial charge in [-0.05, 0) is 67.7 Å². The van der Waals surface area contributed by atoms with Crippen molar-refractivity contribution in [2.45, 2.75) is 69.9 Å². The van der Waals surface area contributed by atoms with Gasteiger partial charge in [0, 0.05) is 17.5 Å². The number of ketones is 1. The predicted octanol–water partition coefficient (Wildman–Crippen LogP) is 3.82. The molecule has 1 heterocycles. The third-order valence-corrected chi connectivity index (χ3v) is 6.78. The van der Waals surface area contributed by atoms with E-state index in [0.717, 1.165) is 40.6 Å². The Morgan fingerprint density at radius 3 is 2.73 bits per heavy atom. The summed E-state index contributed by atoms with van der Waals surface area (Å²) in [5, 5.41) is 3.06. The van der Waals surface area contributed by atoms with Crippen molar-refractivity contribution in [3.8, 4) is 0 Å². The first-order valence-corrected chi connectivity index (χ1v) is 10.5. The van der Waals surface area contributed by atoms with Crippen LogP contribution in [0.2, 0.25) is 0 Å². The molecular formula is C21H26BrNO3. The van der Waals surface area contributed by atoms with Gasteiger partial charge < -0.3 is 10.1 Å². The molecule has 1 saturated heterocycles. The predicted molar refractivity (Wildman–Crippen MR) is 103 cm³/mol. The van der Waals surface area contributed by atoms with E-state index >= 15 is 0 Å². The molecule has 0 bridgehead atoms. The zero-order valence-electron chi connectivity index (χ0n) is 15.4. The van der Waals surface area contributed by atoms with Gasteiger partial charge >= 0.3 is 0 Å². The van der Waals surface area contributed by atoms with Crippen LogP contribution in [-0.2, 0) is 20.7 Å². The molecule has 1 unspecified atom stereocenters. The molecule has 1 aliphatic heterocycles. The summed E-state index contributed by atoms with van der Waals surface area (Å²) in [5.41, 5.74) is 2.32. The molecule has 1 amide bonds. The first-order valence-electron chi connectivity index (χ1n) is 9.70. The molecule has 4 nitrogen and oxygen atoms in total. The molecule has 1 aromatic rings. The summed E-state index contributed by atoms with van der Waals surface area (Å²) < 4.78 is 6.87. The highest BCUT2D eigenvalue weighted by molar-refractivity contribution is 9.10. The number of rotatable bonds is 5.